The minimum absolute atomic E-state index is 0.293. The highest BCUT2D eigenvalue weighted by atomic mass is 79.9. The summed E-state index contributed by atoms with van der Waals surface area (Å²) < 4.78 is 6.78. The number of amides is 3. The molecule has 202 valence electrons. The van der Waals surface area contributed by atoms with Crippen molar-refractivity contribution in [1.82, 2.24) is 4.98 Å². The van der Waals surface area contributed by atoms with Gasteiger partial charge in [0.15, 0.2) is 6.61 Å². The average molecular weight is 657 g/mol. The van der Waals surface area contributed by atoms with Crippen molar-refractivity contribution in [3.8, 4) is 5.75 Å². The van der Waals surface area contributed by atoms with E-state index in [9.17, 15) is 19.2 Å². The van der Waals surface area contributed by atoms with E-state index >= 15 is 0 Å². The third kappa shape index (κ3) is 4.98. The molecule has 0 bridgehead atoms. The maximum absolute atomic E-state index is 14.0. The number of nitrogens with zero attached hydrogens (tertiary/aromatic N) is 1. The Balaban J connectivity index is 1.37. The molecular weight excluding hydrogens is 638 g/mol. The molecule has 6 rings (SSSR count). The molecule has 8 nitrogen and oxygen atoms in total. The van der Waals surface area contributed by atoms with E-state index < -0.39 is 17.1 Å². The van der Waals surface area contributed by atoms with Gasteiger partial charge in [0.1, 0.15) is 11.0 Å². The van der Waals surface area contributed by atoms with Gasteiger partial charge in [-0.25, -0.2) is 4.90 Å². The fourth-order valence-corrected chi connectivity index (χ4v) is 7.90. The smallest absolute Gasteiger partial charge is 0.305 e. The summed E-state index contributed by atoms with van der Waals surface area (Å²) in [7, 11) is 0. The first-order valence-corrected chi connectivity index (χ1v) is 15.0. The predicted molar refractivity (Wildman–Crippen MR) is 159 cm³/mol. The van der Waals surface area contributed by atoms with Crippen molar-refractivity contribution in [2.45, 2.75) is 16.2 Å². The molecule has 0 aliphatic carbocycles. The number of fused-ring (bicyclic) bond motifs is 2. The molecule has 2 aliphatic heterocycles. The number of hydrogen-bond acceptors (Lipinski definition) is 7. The Morgan fingerprint density at radius 2 is 1.77 bits per heavy atom. The molecule has 2 N–H and O–H groups in total. The number of H-pyrrole nitrogens is 1. The maximum Gasteiger partial charge on any atom is 0.305 e. The number of nitrogens with one attached hydrogen (secondary N) is 2. The number of ether oxygens (including phenoxy) is 1. The van der Waals surface area contributed by atoms with Gasteiger partial charge in [-0.15, -0.1) is 0 Å². The van der Waals surface area contributed by atoms with Crippen LogP contribution in [0, 0.1) is 5.92 Å². The van der Waals surface area contributed by atoms with Crippen molar-refractivity contribution in [2.24, 2.45) is 5.92 Å². The van der Waals surface area contributed by atoms with Crippen LogP contribution < -0.4 is 19.8 Å². The highest BCUT2D eigenvalue weighted by molar-refractivity contribution is 9.10. The Morgan fingerprint density at radius 1 is 1.02 bits per heavy atom. The second kappa shape index (κ2) is 10.9. The molecule has 1 fully saturated rings. The minimum Gasteiger partial charge on any atom is -0.483 e. The van der Waals surface area contributed by atoms with Crippen LogP contribution in [0.1, 0.15) is 16.4 Å². The predicted octanol–water partition coefficient (Wildman–Crippen LogP) is 5.67. The molecule has 1 saturated heterocycles. The van der Waals surface area contributed by atoms with Gasteiger partial charge in [0, 0.05) is 31.5 Å². The van der Waals surface area contributed by atoms with E-state index in [-0.39, 0.29) is 29.2 Å². The number of anilines is 2. The van der Waals surface area contributed by atoms with Crippen molar-refractivity contribution in [3.63, 3.8) is 0 Å². The molecule has 0 saturated carbocycles. The molecule has 3 heterocycles. The van der Waals surface area contributed by atoms with E-state index in [4.69, 9.17) is 16.3 Å². The lowest BCUT2D eigenvalue weighted by molar-refractivity contribution is -0.122. The van der Waals surface area contributed by atoms with Crippen molar-refractivity contribution < 1.29 is 19.1 Å². The molecule has 2 aliphatic rings. The number of thioether (sulfide) groups is 1. The zero-order valence-electron chi connectivity index (χ0n) is 20.4. The van der Waals surface area contributed by atoms with Crippen LogP contribution in [0.2, 0.25) is 5.02 Å². The fraction of sp³-hybridized carbons (Fsp3) is 0.143. The molecule has 4 aromatic rings. The molecule has 40 heavy (non-hydrogen) atoms. The molecule has 0 unspecified atom stereocenters. The molecule has 3 amide bonds. The number of thiazole rings is 1. The summed E-state index contributed by atoms with van der Waals surface area (Å²) >= 11 is 12.0. The number of aromatic amines is 1. The minimum atomic E-state index is -0.820. The van der Waals surface area contributed by atoms with Crippen LogP contribution >= 0.6 is 50.6 Å². The molecule has 3 atom stereocenters. The second-order valence-corrected chi connectivity index (χ2v) is 12.6. The number of rotatable bonds is 6. The summed E-state index contributed by atoms with van der Waals surface area (Å²) in [6, 6.07) is 20.8. The lowest BCUT2D eigenvalue weighted by atomic mass is 9.82. The fourth-order valence-electron chi connectivity index (χ4n) is 4.95. The Kier molecular flexibility index (Phi) is 7.30. The average Bonchev–Trinajstić information content (AvgIpc) is 3.43. The number of hydrogen-bond donors (Lipinski definition) is 2. The first-order chi connectivity index (χ1) is 19.3. The summed E-state index contributed by atoms with van der Waals surface area (Å²) in [6.45, 7) is -0.298. The van der Waals surface area contributed by atoms with Gasteiger partial charge in [0.25, 0.3) is 5.91 Å². The standard InChI is InChI=1S/C28H19BrClN3O5S2/c29-14-6-9-17(10-7-14)33-26(35)22-21(23-25(32-28(37)40-23)39-24(22)27(33)36)18-12-15(30)8-11-19(18)38-13-20(34)31-16-4-2-1-3-5-16/h1-12,21-22,24H,13H2,(H,31,34)(H,32,37)/t21-,22-,24+/m0/s1. The van der Waals surface area contributed by atoms with Crippen LogP contribution in [0.5, 0.6) is 5.75 Å². The highest BCUT2D eigenvalue weighted by Gasteiger charge is 2.56. The number of para-hydroxylation sites is 1. The van der Waals surface area contributed by atoms with Crippen LogP contribution in [0.3, 0.4) is 0 Å². The Morgan fingerprint density at radius 3 is 2.52 bits per heavy atom. The van der Waals surface area contributed by atoms with Crippen molar-refractivity contribution in [1.29, 1.82) is 0 Å². The van der Waals surface area contributed by atoms with E-state index in [0.717, 1.165) is 15.8 Å². The lowest BCUT2D eigenvalue weighted by Gasteiger charge is -2.31. The zero-order chi connectivity index (χ0) is 28.0. The lowest BCUT2D eigenvalue weighted by Crippen LogP contribution is -2.32. The molecule has 0 spiro atoms. The van der Waals surface area contributed by atoms with Gasteiger partial charge in [0.2, 0.25) is 11.8 Å². The third-order valence-corrected chi connectivity index (χ3v) is 9.80. The van der Waals surface area contributed by atoms with Gasteiger partial charge >= 0.3 is 4.87 Å². The van der Waals surface area contributed by atoms with Crippen LogP contribution in [-0.2, 0) is 14.4 Å². The van der Waals surface area contributed by atoms with E-state index in [2.05, 4.69) is 26.2 Å². The van der Waals surface area contributed by atoms with Gasteiger partial charge in [-0.1, -0.05) is 68.8 Å². The van der Waals surface area contributed by atoms with E-state index in [0.29, 0.717) is 37.6 Å². The normalized spacial score (nSPS) is 19.8. The van der Waals surface area contributed by atoms with Gasteiger partial charge < -0.3 is 15.0 Å². The molecule has 3 aromatic carbocycles. The summed E-state index contributed by atoms with van der Waals surface area (Å²) in [6.07, 6.45) is 0. The summed E-state index contributed by atoms with van der Waals surface area (Å²) in [5.41, 5.74) is 1.61. The topological polar surface area (TPSA) is 109 Å². The largest absolute Gasteiger partial charge is 0.483 e. The highest BCUT2D eigenvalue weighted by Crippen LogP contribution is 2.54. The molecule has 1 aromatic heterocycles. The Bertz CT molecular complexity index is 1690. The van der Waals surface area contributed by atoms with Crippen molar-refractivity contribution >= 4 is 79.7 Å². The number of halogens is 2. The molecule has 12 heteroatoms. The van der Waals surface area contributed by atoms with Crippen LogP contribution in [-0.4, -0.2) is 34.6 Å². The van der Waals surface area contributed by atoms with Crippen LogP contribution in [0.25, 0.3) is 0 Å². The van der Waals surface area contributed by atoms with Crippen molar-refractivity contribution in [3.05, 3.63) is 102 Å². The number of aromatic nitrogens is 1. The number of imide groups is 1. The quantitative estimate of drug-likeness (QED) is 0.259. The summed E-state index contributed by atoms with van der Waals surface area (Å²) in [5.74, 6) is -2.31. The van der Waals surface area contributed by atoms with Gasteiger partial charge in [0.05, 0.1) is 16.6 Å². The third-order valence-electron chi connectivity index (χ3n) is 6.63. The van der Waals surface area contributed by atoms with Gasteiger partial charge in [-0.3, -0.25) is 19.2 Å². The van der Waals surface area contributed by atoms with E-state index in [1.807, 2.05) is 18.2 Å². The first kappa shape index (κ1) is 26.8. The SMILES string of the molecule is O=C(COc1ccc(Cl)cc1[C@@H]1c2sc(=O)[nH]c2S[C@H]2C(=O)N(c3ccc(Br)cc3)C(=O)[C@@H]12)Nc1ccccc1. The summed E-state index contributed by atoms with van der Waals surface area (Å²) in [4.78, 5) is 57.0. The summed E-state index contributed by atoms with van der Waals surface area (Å²) in [5, 5.41) is 2.92. The van der Waals surface area contributed by atoms with Gasteiger partial charge in [-0.2, -0.15) is 0 Å². The van der Waals surface area contributed by atoms with Crippen molar-refractivity contribution in [2.75, 3.05) is 16.8 Å². The van der Waals surface area contributed by atoms with E-state index in [1.165, 1.54) is 16.7 Å². The second-order valence-electron chi connectivity index (χ2n) is 9.12. The Labute approximate surface area is 249 Å². The number of carbonyl (C=O) groups excluding carboxylic acids is 3. The molecular formula is C28H19BrClN3O5S2. The first-order valence-electron chi connectivity index (χ1n) is 12.1. The maximum atomic E-state index is 14.0. The number of benzene rings is 3. The zero-order valence-corrected chi connectivity index (χ0v) is 24.4. The van der Waals surface area contributed by atoms with Crippen LogP contribution in [0.4, 0.5) is 11.4 Å². The van der Waals surface area contributed by atoms with Crippen LogP contribution in [0.15, 0.2) is 87.1 Å². The van der Waals surface area contributed by atoms with Gasteiger partial charge in [-0.05, 0) is 54.6 Å². The number of carbonyl (C=O) groups is 3. The van der Waals surface area contributed by atoms with E-state index in [1.54, 1.807) is 54.6 Å². The monoisotopic (exact) mass is 655 g/mol. The molecule has 0 radical (unpaired) electrons. The Hall–Kier alpha value is -3.38.